The third-order valence-electron chi connectivity index (χ3n) is 2.87. The summed E-state index contributed by atoms with van der Waals surface area (Å²) in [5, 5.41) is 3.36. The maximum atomic E-state index is 5.57. The van der Waals surface area contributed by atoms with E-state index in [0.717, 1.165) is 50.9 Å². The van der Waals surface area contributed by atoms with Crippen molar-refractivity contribution in [2.24, 2.45) is 0 Å². The molecule has 2 heterocycles. The smallest absolute Gasteiger partial charge is 0.118 e. The lowest BCUT2D eigenvalue weighted by molar-refractivity contribution is 0.129. The summed E-state index contributed by atoms with van der Waals surface area (Å²) in [6.07, 6.45) is 0. The lowest BCUT2D eigenvalue weighted by Gasteiger charge is -2.30. The predicted molar refractivity (Wildman–Crippen MR) is 64.2 cm³/mol. The first kappa shape index (κ1) is 11.6. The summed E-state index contributed by atoms with van der Waals surface area (Å²) in [5.74, 6) is 2.04. The largest absolute Gasteiger partial charge is 0.465 e. The van der Waals surface area contributed by atoms with Gasteiger partial charge in [0.25, 0.3) is 0 Å². The van der Waals surface area contributed by atoms with Crippen LogP contribution in [0.2, 0.25) is 0 Å². The van der Waals surface area contributed by atoms with Crippen LogP contribution in [0, 0.1) is 6.92 Å². The highest BCUT2D eigenvalue weighted by atomic mass is 16.3. The Morgan fingerprint density at radius 3 is 2.75 bits per heavy atom. The molecule has 0 spiro atoms. The van der Waals surface area contributed by atoms with Gasteiger partial charge in [-0.3, -0.25) is 9.80 Å². The molecule has 1 aromatic rings. The molecule has 1 aliphatic heterocycles. The Hall–Kier alpha value is -0.840. The summed E-state index contributed by atoms with van der Waals surface area (Å²) in [5.41, 5.74) is 0. The molecule has 1 saturated heterocycles. The average Bonchev–Trinajstić information content (AvgIpc) is 2.65. The molecule has 1 fully saturated rings. The summed E-state index contributed by atoms with van der Waals surface area (Å²) in [4.78, 5) is 4.76. The molecule has 16 heavy (non-hydrogen) atoms. The van der Waals surface area contributed by atoms with Crippen molar-refractivity contribution < 1.29 is 4.42 Å². The molecule has 2 rings (SSSR count). The van der Waals surface area contributed by atoms with Gasteiger partial charge in [0.15, 0.2) is 0 Å². The Labute approximate surface area is 97.2 Å². The molecule has 0 amide bonds. The summed E-state index contributed by atoms with van der Waals surface area (Å²) in [7, 11) is 2.14. The van der Waals surface area contributed by atoms with E-state index in [1.54, 1.807) is 0 Å². The van der Waals surface area contributed by atoms with Crippen molar-refractivity contribution in [1.82, 2.24) is 15.1 Å². The standard InChI is InChI=1S/C12H21N3O/c1-11-3-4-12(16-11)9-14(2)10-15-7-5-13-6-8-15/h3-4,13H,5-10H2,1-2H3. The van der Waals surface area contributed by atoms with Crippen LogP contribution in [-0.4, -0.2) is 49.7 Å². The Morgan fingerprint density at radius 2 is 2.12 bits per heavy atom. The van der Waals surface area contributed by atoms with Gasteiger partial charge >= 0.3 is 0 Å². The van der Waals surface area contributed by atoms with Crippen LogP contribution < -0.4 is 5.32 Å². The lowest BCUT2D eigenvalue weighted by atomic mass is 10.4. The Morgan fingerprint density at radius 1 is 1.38 bits per heavy atom. The van der Waals surface area contributed by atoms with E-state index < -0.39 is 0 Å². The number of hydrogen-bond donors (Lipinski definition) is 1. The number of nitrogens with zero attached hydrogens (tertiary/aromatic N) is 2. The Kier molecular flexibility index (Phi) is 3.98. The van der Waals surface area contributed by atoms with E-state index in [4.69, 9.17) is 4.42 Å². The van der Waals surface area contributed by atoms with Crippen LogP contribution in [-0.2, 0) is 6.54 Å². The molecule has 90 valence electrons. The first-order valence-electron chi connectivity index (χ1n) is 5.91. The van der Waals surface area contributed by atoms with Crippen LogP contribution in [0.25, 0.3) is 0 Å². The zero-order valence-corrected chi connectivity index (χ0v) is 10.2. The molecule has 0 radical (unpaired) electrons. The number of aryl methyl sites for hydroxylation is 1. The second-order valence-corrected chi connectivity index (χ2v) is 4.54. The molecule has 4 nitrogen and oxygen atoms in total. The van der Waals surface area contributed by atoms with Gasteiger partial charge in [-0.1, -0.05) is 0 Å². The number of piperazine rings is 1. The van der Waals surface area contributed by atoms with Gasteiger partial charge in [0.1, 0.15) is 11.5 Å². The van der Waals surface area contributed by atoms with E-state index in [-0.39, 0.29) is 0 Å². The Bertz CT molecular complexity index is 318. The fourth-order valence-electron chi connectivity index (χ4n) is 2.08. The van der Waals surface area contributed by atoms with Crippen LogP contribution in [0.15, 0.2) is 16.5 Å². The molecule has 0 unspecified atom stereocenters. The highest BCUT2D eigenvalue weighted by Crippen LogP contribution is 2.09. The summed E-state index contributed by atoms with van der Waals surface area (Å²) < 4.78 is 5.57. The molecule has 0 aliphatic carbocycles. The number of nitrogens with one attached hydrogen (secondary N) is 1. The summed E-state index contributed by atoms with van der Waals surface area (Å²) in [6.45, 7) is 8.38. The topological polar surface area (TPSA) is 31.6 Å². The molecule has 0 bridgehead atoms. The van der Waals surface area contributed by atoms with E-state index >= 15 is 0 Å². The quantitative estimate of drug-likeness (QED) is 0.821. The first-order valence-corrected chi connectivity index (χ1v) is 5.91. The van der Waals surface area contributed by atoms with Gasteiger partial charge in [0.05, 0.1) is 13.2 Å². The average molecular weight is 223 g/mol. The van der Waals surface area contributed by atoms with Gasteiger partial charge in [-0.2, -0.15) is 0 Å². The minimum atomic E-state index is 0.887. The highest BCUT2D eigenvalue weighted by molar-refractivity contribution is 5.05. The van der Waals surface area contributed by atoms with Crippen molar-refractivity contribution in [1.29, 1.82) is 0 Å². The summed E-state index contributed by atoms with van der Waals surface area (Å²) >= 11 is 0. The molecule has 1 aromatic heterocycles. The second-order valence-electron chi connectivity index (χ2n) is 4.54. The number of hydrogen-bond acceptors (Lipinski definition) is 4. The van der Waals surface area contributed by atoms with Gasteiger partial charge in [-0.25, -0.2) is 0 Å². The fraction of sp³-hybridized carbons (Fsp3) is 0.667. The molecular weight excluding hydrogens is 202 g/mol. The first-order chi connectivity index (χ1) is 7.74. The minimum absolute atomic E-state index is 0.887. The lowest BCUT2D eigenvalue weighted by Crippen LogP contribution is -2.47. The van der Waals surface area contributed by atoms with E-state index in [0.29, 0.717) is 0 Å². The monoisotopic (exact) mass is 223 g/mol. The zero-order valence-electron chi connectivity index (χ0n) is 10.2. The zero-order chi connectivity index (χ0) is 11.4. The maximum absolute atomic E-state index is 5.57. The van der Waals surface area contributed by atoms with Gasteiger partial charge in [-0.15, -0.1) is 0 Å². The maximum Gasteiger partial charge on any atom is 0.118 e. The van der Waals surface area contributed by atoms with Crippen molar-refractivity contribution in [3.05, 3.63) is 23.7 Å². The predicted octanol–water partition coefficient (Wildman–Crippen LogP) is 0.883. The molecule has 1 N–H and O–H groups in total. The fourth-order valence-corrected chi connectivity index (χ4v) is 2.08. The number of rotatable bonds is 4. The highest BCUT2D eigenvalue weighted by Gasteiger charge is 2.12. The molecular formula is C12H21N3O. The van der Waals surface area contributed by atoms with Gasteiger partial charge < -0.3 is 9.73 Å². The van der Waals surface area contributed by atoms with Crippen molar-refractivity contribution in [3.63, 3.8) is 0 Å². The van der Waals surface area contributed by atoms with Crippen molar-refractivity contribution in [2.75, 3.05) is 39.9 Å². The minimum Gasteiger partial charge on any atom is -0.465 e. The third-order valence-corrected chi connectivity index (χ3v) is 2.87. The van der Waals surface area contributed by atoms with Gasteiger partial charge in [0.2, 0.25) is 0 Å². The van der Waals surface area contributed by atoms with E-state index in [9.17, 15) is 0 Å². The van der Waals surface area contributed by atoms with Crippen LogP contribution in [0.1, 0.15) is 11.5 Å². The van der Waals surface area contributed by atoms with Crippen LogP contribution in [0.5, 0.6) is 0 Å². The van der Waals surface area contributed by atoms with Gasteiger partial charge in [0, 0.05) is 26.2 Å². The van der Waals surface area contributed by atoms with Crippen LogP contribution in [0.4, 0.5) is 0 Å². The second kappa shape index (κ2) is 5.48. The SMILES string of the molecule is Cc1ccc(CN(C)CN2CCNCC2)o1. The molecule has 1 aliphatic rings. The third kappa shape index (κ3) is 3.33. The van der Waals surface area contributed by atoms with E-state index in [1.807, 2.05) is 13.0 Å². The number of furan rings is 1. The van der Waals surface area contributed by atoms with Crippen LogP contribution in [0.3, 0.4) is 0 Å². The van der Waals surface area contributed by atoms with E-state index in [1.165, 1.54) is 0 Å². The molecule has 4 heteroatoms. The normalized spacial score (nSPS) is 18.2. The van der Waals surface area contributed by atoms with Crippen molar-refractivity contribution in [2.45, 2.75) is 13.5 Å². The van der Waals surface area contributed by atoms with Crippen molar-refractivity contribution in [3.8, 4) is 0 Å². The molecule has 0 atom stereocenters. The molecule has 0 aromatic carbocycles. The van der Waals surface area contributed by atoms with Gasteiger partial charge in [-0.05, 0) is 26.1 Å². The Balaban J connectivity index is 1.77. The summed E-state index contributed by atoms with van der Waals surface area (Å²) in [6, 6.07) is 4.08. The van der Waals surface area contributed by atoms with Crippen LogP contribution >= 0.6 is 0 Å². The molecule has 0 saturated carbocycles. The van der Waals surface area contributed by atoms with Crippen molar-refractivity contribution >= 4 is 0 Å². The van der Waals surface area contributed by atoms with E-state index in [2.05, 4.69) is 28.2 Å².